The highest BCUT2D eigenvalue weighted by atomic mass is 79.9. The molecule has 0 aliphatic carbocycles. The number of nitriles is 1. The maximum atomic E-state index is 11.0. The maximum absolute atomic E-state index is 11.0. The van der Waals surface area contributed by atoms with Gasteiger partial charge in [0.05, 0.1) is 16.6 Å². The zero-order chi connectivity index (χ0) is 15.4. The number of benzene rings is 2. The Labute approximate surface area is 130 Å². The lowest BCUT2D eigenvalue weighted by Gasteiger charge is -2.08. The molecule has 1 N–H and O–H groups in total. The summed E-state index contributed by atoms with van der Waals surface area (Å²) in [6.45, 7) is 2.46. The van der Waals surface area contributed by atoms with E-state index < -0.39 is 4.92 Å². The van der Waals surface area contributed by atoms with Gasteiger partial charge >= 0.3 is 0 Å². The van der Waals surface area contributed by atoms with Crippen molar-refractivity contribution in [3.8, 4) is 6.07 Å². The summed E-state index contributed by atoms with van der Waals surface area (Å²) in [6, 6.07) is 12.2. The first kappa shape index (κ1) is 15.0. The Morgan fingerprint density at radius 2 is 2.10 bits per heavy atom. The monoisotopic (exact) mass is 345 g/mol. The topological polar surface area (TPSA) is 79.0 Å². The van der Waals surface area contributed by atoms with Crippen molar-refractivity contribution in [1.82, 2.24) is 0 Å². The van der Waals surface area contributed by atoms with Gasteiger partial charge in [0, 0.05) is 17.1 Å². The minimum atomic E-state index is -0.490. The molecule has 2 aromatic carbocycles. The van der Waals surface area contributed by atoms with Gasteiger partial charge in [0.1, 0.15) is 5.69 Å². The summed E-state index contributed by atoms with van der Waals surface area (Å²) in [5.41, 5.74) is 2.70. The summed E-state index contributed by atoms with van der Waals surface area (Å²) in [7, 11) is 0. The Morgan fingerprint density at radius 3 is 2.71 bits per heavy atom. The molecule has 2 rings (SSSR count). The van der Waals surface area contributed by atoms with Crippen molar-refractivity contribution in [3.05, 3.63) is 67.7 Å². The summed E-state index contributed by atoms with van der Waals surface area (Å²) in [4.78, 5) is 10.6. The summed E-state index contributed by atoms with van der Waals surface area (Å²) < 4.78 is 1.02. The molecule has 0 radical (unpaired) electrons. The average Bonchev–Trinajstić information content (AvgIpc) is 2.48. The van der Waals surface area contributed by atoms with Gasteiger partial charge < -0.3 is 5.32 Å². The number of anilines is 1. The van der Waals surface area contributed by atoms with Gasteiger partial charge in [-0.2, -0.15) is 5.26 Å². The Morgan fingerprint density at radius 1 is 1.33 bits per heavy atom. The zero-order valence-electron chi connectivity index (χ0n) is 11.3. The van der Waals surface area contributed by atoms with E-state index in [0.717, 1.165) is 15.6 Å². The Balaban J connectivity index is 2.21. The van der Waals surface area contributed by atoms with Gasteiger partial charge in [0.2, 0.25) is 0 Å². The lowest BCUT2D eigenvalue weighted by Crippen LogP contribution is -2.03. The van der Waals surface area contributed by atoms with Gasteiger partial charge in [-0.25, -0.2) is 0 Å². The Hall–Kier alpha value is -2.39. The molecule has 0 aromatic heterocycles. The van der Waals surface area contributed by atoms with Gasteiger partial charge in [-0.15, -0.1) is 0 Å². The van der Waals surface area contributed by atoms with Crippen LogP contribution >= 0.6 is 15.9 Å². The second-order valence-corrected chi connectivity index (χ2v) is 5.39. The van der Waals surface area contributed by atoms with Crippen molar-refractivity contribution in [2.75, 3.05) is 5.32 Å². The van der Waals surface area contributed by atoms with Crippen LogP contribution in [0.1, 0.15) is 16.7 Å². The van der Waals surface area contributed by atoms with Crippen molar-refractivity contribution in [1.29, 1.82) is 5.26 Å². The number of hydrogen-bond acceptors (Lipinski definition) is 4. The first-order chi connectivity index (χ1) is 10.0. The van der Waals surface area contributed by atoms with Gasteiger partial charge in [-0.05, 0) is 36.2 Å². The van der Waals surface area contributed by atoms with Crippen molar-refractivity contribution >= 4 is 27.3 Å². The lowest BCUT2D eigenvalue weighted by molar-refractivity contribution is -0.384. The molecule has 5 nitrogen and oxygen atoms in total. The molecule has 0 spiro atoms. The first-order valence-electron chi connectivity index (χ1n) is 6.18. The standard InChI is InChI=1S/C15H12BrN3O2/c1-10-6-12(2-4-13(10)16)9-18-14-5-3-11(8-17)7-15(14)19(20)21/h2-7,18H,9H2,1H3. The molecule has 21 heavy (non-hydrogen) atoms. The van der Waals surface area contributed by atoms with Crippen molar-refractivity contribution in [2.24, 2.45) is 0 Å². The molecule has 2 aromatic rings. The second-order valence-electron chi connectivity index (χ2n) is 4.54. The van der Waals surface area contributed by atoms with Gasteiger partial charge in [0.25, 0.3) is 5.69 Å². The average molecular weight is 346 g/mol. The summed E-state index contributed by atoms with van der Waals surface area (Å²) >= 11 is 3.43. The molecule has 6 heteroatoms. The van der Waals surface area contributed by atoms with E-state index in [-0.39, 0.29) is 11.3 Å². The molecular weight excluding hydrogens is 334 g/mol. The number of halogens is 1. The summed E-state index contributed by atoms with van der Waals surface area (Å²) in [5, 5.41) is 22.9. The Bertz CT molecular complexity index is 738. The van der Waals surface area contributed by atoms with E-state index in [1.807, 2.05) is 31.2 Å². The van der Waals surface area contributed by atoms with Crippen LogP contribution in [0.4, 0.5) is 11.4 Å². The van der Waals surface area contributed by atoms with Crippen LogP contribution in [0.2, 0.25) is 0 Å². The molecule has 0 fully saturated rings. The molecule has 0 saturated carbocycles. The SMILES string of the molecule is Cc1cc(CNc2ccc(C#N)cc2[N+](=O)[O-])ccc1Br. The third kappa shape index (κ3) is 3.58. The smallest absolute Gasteiger partial charge is 0.293 e. The quantitative estimate of drug-likeness (QED) is 0.666. The largest absolute Gasteiger partial charge is 0.375 e. The molecule has 0 heterocycles. The number of nitrogens with one attached hydrogen (secondary N) is 1. The van der Waals surface area contributed by atoms with E-state index in [1.165, 1.54) is 6.07 Å². The van der Waals surface area contributed by atoms with E-state index in [0.29, 0.717) is 12.2 Å². The molecule has 0 aliphatic rings. The maximum Gasteiger partial charge on any atom is 0.293 e. The fraction of sp³-hybridized carbons (Fsp3) is 0.133. The predicted octanol–water partition coefficient (Wildman–Crippen LogP) is 4.15. The number of nitro benzene ring substituents is 1. The van der Waals surface area contributed by atoms with E-state index in [1.54, 1.807) is 12.1 Å². The van der Waals surface area contributed by atoms with Gasteiger partial charge in [0.15, 0.2) is 0 Å². The third-order valence-corrected chi connectivity index (χ3v) is 3.92. The zero-order valence-corrected chi connectivity index (χ0v) is 12.8. The van der Waals surface area contributed by atoms with Crippen molar-refractivity contribution in [2.45, 2.75) is 13.5 Å². The minimum absolute atomic E-state index is 0.0946. The van der Waals surface area contributed by atoms with Gasteiger partial charge in [-0.1, -0.05) is 28.1 Å². The normalized spacial score (nSPS) is 9.95. The number of hydrogen-bond donors (Lipinski definition) is 1. The lowest BCUT2D eigenvalue weighted by atomic mass is 10.1. The fourth-order valence-corrected chi connectivity index (χ4v) is 2.16. The molecule has 0 atom stereocenters. The highest BCUT2D eigenvalue weighted by Gasteiger charge is 2.14. The van der Waals surface area contributed by atoms with E-state index in [2.05, 4.69) is 21.2 Å². The fourth-order valence-electron chi connectivity index (χ4n) is 1.92. The van der Waals surface area contributed by atoms with Crippen LogP contribution < -0.4 is 5.32 Å². The van der Waals surface area contributed by atoms with Crippen LogP contribution in [0.3, 0.4) is 0 Å². The molecule has 0 amide bonds. The molecule has 0 bridgehead atoms. The van der Waals surface area contributed by atoms with Crippen molar-refractivity contribution < 1.29 is 4.92 Å². The van der Waals surface area contributed by atoms with Crippen molar-refractivity contribution in [3.63, 3.8) is 0 Å². The van der Waals surface area contributed by atoms with Crippen LogP contribution in [-0.4, -0.2) is 4.92 Å². The van der Waals surface area contributed by atoms with Crippen LogP contribution in [-0.2, 0) is 6.54 Å². The molecule has 106 valence electrons. The molecule has 0 unspecified atom stereocenters. The van der Waals surface area contributed by atoms with Crippen LogP contribution in [0.5, 0.6) is 0 Å². The van der Waals surface area contributed by atoms with Gasteiger partial charge in [-0.3, -0.25) is 10.1 Å². The van der Waals surface area contributed by atoms with E-state index in [4.69, 9.17) is 5.26 Å². The second kappa shape index (κ2) is 6.37. The predicted molar refractivity (Wildman–Crippen MR) is 84.0 cm³/mol. The summed E-state index contributed by atoms with van der Waals surface area (Å²) in [6.07, 6.45) is 0. The molecule has 0 aliphatic heterocycles. The highest BCUT2D eigenvalue weighted by molar-refractivity contribution is 9.10. The number of rotatable bonds is 4. The van der Waals surface area contributed by atoms with Crippen LogP contribution in [0.25, 0.3) is 0 Å². The Kier molecular flexibility index (Phi) is 4.55. The van der Waals surface area contributed by atoms with E-state index in [9.17, 15) is 10.1 Å². The number of nitrogens with zero attached hydrogens (tertiary/aromatic N) is 2. The molecular formula is C15H12BrN3O2. The van der Waals surface area contributed by atoms with E-state index >= 15 is 0 Å². The highest BCUT2D eigenvalue weighted by Crippen LogP contribution is 2.26. The van der Waals surface area contributed by atoms with Crippen LogP contribution in [0, 0.1) is 28.4 Å². The molecule has 0 saturated heterocycles. The van der Waals surface area contributed by atoms with Crippen LogP contribution in [0.15, 0.2) is 40.9 Å². The minimum Gasteiger partial charge on any atom is -0.375 e. The third-order valence-electron chi connectivity index (χ3n) is 3.03. The number of aryl methyl sites for hydroxylation is 1. The first-order valence-corrected chi connectivity index (χ1v) is 6.98. The number of nitro groups is 1. The summed E-state index contributed by atoms with van der Waals surface area (Å²) in [5.74, 6) is 0.